The molecule has 0 spiro atoms. The van der Waals surface area contributed by atoms with Crippen LogP contribution in [0.5, 0.6) is 5.75 Å². The third-order valence-corrected chi connectivity index (χ3v) is 3.57. The highest BCUT2D eigenvalue weighted by Crippen LogP contribution is 2.29. The number of rotatable bonds is 10. The predicted octanol–water partition coefficient (Wildman–Crippen LogP) is 3.76. The maximum atomic E-state index is 12.4. The Bertz CT molecular complexity index is 424. The average molecular weight is 299 g/mol. The molecule has 0 aromatic heterocycles. The monoisotopic (exact) mass is 299 g/mol. The predicted molar refractivity (Wildman–Crippen MR) is 77.7 cm³/mol. The second-order valence-electron chi connectivity index (χ2n) is 5.46. The van der Waals surface area contributed by atoms with Gasteiger partial charge in [0.2, 0.25) is 0 Å². The minimum absolute atomic E-state index is 0.0385. The third kappa shape index (κ3) is 5.98. The molecule has 0 aliphatic heterocycles. The first-order valence-electron chi connectivity index (χ1n) is 7.51. The van der Waals surface area contributed by atoms with Gasteiger partial charge in [0.15, 0.2) is 0 Å². The van der Waals surface area contributed by atoms with E-state index in [0.29, 0.717) is 0 Å². The van der Waals surface area contributed by atoms with Crippen LogP contribution in [0.1, 0.15) is 37.8 Å². The molecule has 1 aromatic carbocycles. The molecule has 1 unspecified atom stereocenters. The zero-order valence-corrected chi connectivity index (χ0v) is 12.4. The maximum absolute atomic E-state index is 12.4. The number of alkyl halides is 2. The lowest BCUT2D eigenvalue weighted by molar-refractivity contribution is -0.0506. The molecule has 1 N–H and O–H groups in total. The lowest BCUT2D eigenvalue weighted by Crippen LogP contribution is -2.22. The molecule has 2 rings (SSSR count). The van der Waals surface area contributed by atoms with Gasteiger partial charge in [0.05, 0.1) is 0 Å². The van der Waals surface area contributed by atoms with Gasteiger partial charge in [0, 0.05) is 24.8 Å². The molecular weight excluding hydrogens is 276 g/mol. The van der Waals surface area contributed by atoms with Crippen molar-refractivity contribution in [3.63, 3.8) is 0 Å². The maximum Gasteiger partial charge on any atom is 0.387 e. The van der Waals surface area contributed by atoms with Crippen LogP contribution in [0.4, 0.5) is 8.78 Å². The third-order valence-electron chi connectivity index (χ3n) is 3.57. The number of hydrogen-bond acceptors (Lipinski definition) is 3. The fourth-order valence-corrected chi connectivity index (χ4v) is 2.18. The van der Waals surface area contributed by atoms with Crippen molar-refractivity contribution >= 4 is 0 Å². The second kappa shape index (κ2) is 8.29. The zero-order chi connectivity index (χ0) is 15.1. The van der Waals surface area contributed by atoms with Gasteiger partial charge in [0.25, 0.3) is 0 Å². The molecule has 1 fully saturated rings. The van der Waals surface area contributed by atoms with Crippen LogP contribution in [0, 0.1) is 5.92 Å². The van der Waals surface area contributed by atoms with Crippen LogP contribution in [0.15, 0.2) is 24.3 Å². The molecule has 1 aromatic rings. The first-order valence-corrected chi connectivity index (χ1v) is 7.51. The Morgan fingerprint density at radius 1 is 1.29 bits per heavy atom. The van der Waals surface area contributed by atoms with E-state index in [2.05, 4.69) is 10.1 Å². The molecule has 1 saturated carbocycles. The Morgan fingerprint density at radius 3 is 2.76 bits per heavy atom. The SMILES string of the molecule is CC(NCCCOCC1CC1)c1ccccc1OC(F)F. The van der Waals surface area contributed by atoms with Gasteiger partial charge in [-0.15, -0.1) is 0 Å². The summed E-state index contributed by atoms with van der Waals surface area (Å²) < 4.78 is 34.8. The summed E-state index contributed by atoms with van der Waals surface area (Å²) in [4.78, 5) is 0. The summed E-state index contributed by atoms with van der Waals surface area (Å²) in [6.45, 7) is 1.55. The average Bonchev–Trinajstić information content (AvgIpc) is 3.26. The molecule has 118 valence electrons. The highest BCUT2D eigenvalue weighted by atomic mass is 19.3. The van der Waals surface area contributed by atoms with Crippen molar-refractivity contribution in [2.45, 2.75) is 38.8 Å². The molecule has 1 atom stereocenters. The molecule has 3 nitrogen and oxygen atoms in total. The Morgan fingerprint density at radius 2 is 2.05 bits per heavy atom. The first kappa shape index (κ1) is 16.2. The quantitative estimate of drug-likeness (QED) is 0.667. The van der Waals surface area contributed by atoms with E-state index < -0.39 is 6.61 Å². The van der Waals surface area contributed by atoms with Crippen molar-refractivity contribution < 1.29 is 18.3 Å². The van der Waals surface area contributed by atoms with Gasteiger partial charge in [-0.25, -0.2) is 0 Å². The highest BCUT2D eigenvalue weighted by Gasteiger charge is 2.20. The fraction of sp³-hybridized carbons (Fsp3) is 0.625. The van der Waals surface area contributed by atoms with Crippen molar-refractivity contribution in [3.05, 3.63) is 29.8 Å². The van der Waals surface area contributed by atoms with Gasteiger partial charge >= 0.3 is 6.61 Å². The fourth-order valence-electron chi connectivity index (χ4n) is 2.18. The molecule has 21 heavy (non-hydrogen) atoms. The molecule has 0 saturated heterocycles. The Balaban J connectivity index is 1.70. The lowest BCUT2D eigenvalue weighted by atomic mass is 10.1. The van der Waals surface area contributed by atoms with E-state index >= 15 is 0 Å². The molecule has 0 amide bonds. The standard InChI is InChI=1S/C16H23F2NO2/c1-12(19-9-4-10-20-11-13-7-8-13)14-5-2-3-6-15(14)21-16(17)18/h2-3,5-6,12-13,16,19H,4,7-11H2,1H3. The zero-order valence-electron chi connectivity index (χ0n) is 12.4. The second-order valence-corrected chi connectivity index (χ2v) is 5.46. The van der Waals surface area contributed by atoms with E-state index in [-0.39, 0.29) is 11.8 Å². The number of halogens is 2. The van der Waals surface area contributed by atoms with Crippen LogP contribution in [-0.4, -0.2) is 26.4 Å². The van der Waals surface area contributed by atoms with E-state index in [0.717, 1.165) is 37.7 Å². The smallest absolute Gasteiger partial charge is 0.387 e. The van der Waals surface area contributed by atoms with E-state index in [9.17, 15) is 8.78 Å². The normalized spacial score (nSPS) is 16.2. The van der Waals surface area contributed by atoms with Crippen LogP contribution in [0.2, 0.25) is 0 Å². The van der Waals surface area contributed by atoms with Gasteiger partial charge in [-0.1, -0.05) is 18.2 Å². The molecule has 5 heteroatoms. The first-order chi connectivity index (χ1) is 10.2. The van der Waals surface area contributed by atoms with Crippen LogP contribution in [0.3, 0.4) is 0 Å². The van der Waals surface area contributed by atoms with E-state index in [4.69, 9.17) is 4.74 Å². The molecular formula is C16H23F2NO2. The summed E-state index contributed by atoms with van der Waals surface area (Å²) in [5, 5.41) is 3.31. The Kier molecular flexibility index (Phi) is 6.39. The highest BCUT2D eigenvalue weighted by molar-refractivity contribution is 5.35. The van der Waals surface area contributed by atoms with Crippen molar-refractivity contribution in [2.24, 2.45) is 5.92 Å². The lowest BCUT2D eigenvalue weighted by Gasteiger charge is -2.18. The Labute approximate surface area is 124 Å². The van der Waals surface area contributed by atoms with E-state index in [1.165, 1.54) is 12.8 Å². The van der Waals surface area contributed by atoms with E-state index in [1.54, 1.807) is 18.2 Å². The molecule has 0 bridgehead atoms. The minimum atomic E-state index is -2.80. The van der Waals surface area contributed by atoms with Gasteiger partial charge in [0.1, 0.15) is 5.75 Å². The van der Waals surface area contributed by atoms with Gasteiger partial charge in [-0.3, -0.25) is 0 Å². The summed E-state index contributed by atoms with van der Waals surface area (Å²) in [5.41, 5.74) is 0.747. The van der Waals surface area contributed by atoms with Gasteiger partial charge < -0.3 is 14.8 Å². The number of hydrogen-bond donors (Lipinski definition) is 1. The molecule has 1 aliphatic carbocycles. The summed E-state index contributed by atoms with van der Waals surface area (Å²) in [6, 6.07) is 6.85. The molecule has 0 heterocycles. The van der Waals surface area contributed by atoms with Gasteiger partial charge in [-0.2, -0.15) is 8.78 Å². The van der Waals surface area contributed by atoms with Crippen LogP contribution in [-0.2, 0) is 4.74 Å². The summed E-state index contributed by atoms with van der Waals surface area (Å²) >= 11 is 0. The summed E-state index contributed by atoms with van der Waals surface area (Å²) in [6.07, 6.45) is 3.52. The minimum Gasteiger partial charge on any atom is -0.434 e. The van der Waals surface area contributed by atoms with Crippen LogP contribution in [0.25, 0.3) is 0 Å². The van der Waals surface area contributed by atoms with Crippen molar-refractivity contribution in [2.75, 3.05) is 19.8 Å². The largest absolute Gasteiger partial charge is 0.434 e. The topological polar surface area (TPSA) is 30.5 Å². The van der Waals surface area contributed by atoms with Crippen molar-refractivity contribution in [1.29, 1.82) is 0 Å². The van der Waals surface area contributed by atoms with Gasteiger partial charge in [-0.05, 0) is 44.7 Å². The number of para-hydroxylation sites is 1. The van der Waals surface area contributed by atoms with Crippen molar-refractivity contribution in [1.82, 2.24) is 5.32 Å². The number of nitrogens with one attached hydrogen (secondary N) is 1. The number of ether oxygens (including phenoxy) is 2. The van der Waals surface area contributed by atoms with Crippen LogP contribution >= 0.6 is 0 Å². The Hall–Kier alpha value is -1.20. The molecule has 1 aliphatic rings. The van der Waals surface area contributed by atoms with Crippen LogP contribution < -0.4 is 10.1 Å². The molecule has 0 radical (unpaired) electrons. The number of benzene rings is 1. The summed E-state index contributed by atoms with van der Waals surface area (Å²) in [7, 11) is 0. The van der Waals surface area contributed by atoms with Crippen molar-refractivity contribution in [3.8, 4) is 5.75 Å². The summed E-state index contributed by atoms with van der Waals surface area (Å²) in [5.74, 6) is 1.02. The van der Waals surface area contributed by atoms with E-state index in [1.807, 2.05) is 13.0 Å².